The summed E-state index contributed by atoms with van der Waals surface area (Å²) in [5.41, 5.74) is 1.61. The molecule has 0 spiro atoms. The molecule has 0 fully saturated rings. The second-order valence-electron chi connectivity index (χ2n) is 6.40. The Morgan fingerprint density at radius 1 is 0.963 bits per heavy atom. The fraction of sp³-hybridized carbons (Fsp3) is 0.227. The van der Waals surface area contributed by atoms with E-state index in [9.17, 15) is 18.0 Å². The summed E-state index contributed by atoms with van der Waals surface area (Å²) in [4.78, 5) is 12.0. The van der Waals surface area contributed by atoms with Gasteiger partial charge in [-0.2, -0.15) is 13.2 Å². The number of alkyl halides is 3. The molecule has 0 heterocycles. The summed E-state index contributed by atoms with van der Waals surface area (Å²) in [6.45, 7) is 0. The van der Waals surface area contributed by atoms with Crippen LogP contribution >= 0.6 is 0 Å². The zero-order chi connectivity index (χ0) is 19.4. The SMILES string of the molecule is COC(=O)C1=C[C@@H](c2ccccc2)[C@@H](c2ccc(C(F)(F)F)cc2)C=CC1. The Balaban J connectivity index is 2.04. The third-order valence-electron chi connectivity index (χ3n) is 4.70. The molecule has 1 aliphatic carbocycles. The minimum atomic E-state index is -4.37. The molecule has 0 saturated carbocycles. The zero-order valence-electron chi connectivity index (χ0n) is 14.7. The van der Waals surface area contributed by atoms with Crippen molar-refractivity contribution in [3.05, 3.63) is 95.1 Å². The highest BCUT2D eigenvalue weighted by Crippen LogP contribution is 2.39. The van der Waals surface area contributed by atoms with Crippen molar-refractivity contribution in [3.8, 4) is 0 Å². The lowest BCUT2D eigenvalue weighted by Gasteiger charge is -2.23. The Morgan fingerprint density at radius 2 is 1.59 bits per heavy atom. The van der Waals surface area contributed by atoms with E-state index in [-0.39, 0.29) is 11.8 Å². The van der Waals surface area contributed by atoms with Gasteiger partial charge >= 0.3 is 12.1 Å². The summed E-state index contributed by atoms with van der Waals surface area (Å²) in [7, 11) is 1.34. The molecule has 27 heavy (non-hydrogen) atoms. The number of halogens is 3. The van der Waals surface area contributed by atoms with Gasteiger partial charge in [-0.25, -0.2) is 4.79 Å². The van der Waals surface area contributed by atoms with Crippen LogP contribution in [0.2, 0.25) is 0 Å². The van der Waals surface area contributed by atoms with Crippen molar-refractivity contribution < 1.29 is 22.7 Å². The summed E-state index contributed by atoms with van der Waals surface area (Å²) >= 11 is 0. The van der Waals surface area contributed by atoms with E-state index >= 15 is 0 Å². The van der Waals surface area contributed by atoms with Crippen LogP contribution in [-0.2, 0) is 15.7 Å². The first kappa shape index (κ1) is 19.0. The van der Waals surface area contributed by atoms with Crippen LogP contribution in [0.1, 0.15) is 34.9 Å². The van der Waals surface area contributed by atoms with Crippen LogP contribution in [0.4, 0.5) is 13.2 Å². The maximum atomic E-state index is 12.9. The average molecular weight is 372 g/mol. The van der Waals surface area contributed by atoms with Crippen molar-refractivity contribution in [2.24, 2.45) is 0 Å². The van der Waals surface area contributed by atoms with E-state index in [0.717, 1.165) is 23.3 Å². The Hall–Kier alpha value is -2.82. The molecule has 2 aromatic rings. The van der Waals surface area contributed by atoms with Gasteiger partial charge in [0.05, 0.1) is 12.7 Å². The van der Waals surface area contributed by atoms with E-state index in [2.05, 4.69) is 0 Å². The van der Waals surface area contributed by atoms with Gasteiger partial charge in [-0.05, 0) is 29.7 Å². The van der Waals surface area contributed by atoms with Gasteiger partial charge in [-0.1, -0.05) is 60.7 Å². The van der Waals surface area contributed by atoms with Crippen molar-refractivity contribution >= 4 is 5.97 Å². The standard InChI is InChI=1S/C22H19F3O2/c1-27-21(26)17-8-5-9-19(20(14-17)15-6-3-2-4-7-15)16-10-12-18(13-11-16)22(23,24)25/h2-7,9-14,19-20H,8H2,1H3/t19-,20+/m1/s1. The van der Waals surface area contributed by atoms with E-state index in [4.69, 9.17) is 4.74 Å². The Morgan fingerprint density at radius 3 is 2.19 bits per heavy atom. The van der Waals surface area contributed by atoms with Gasteiger partial charge in [0.2, 0.25) is 0 Å². The summed E-state index contributed by atoms with van der Waals surface area (Å²) in [5.74, 6) is -0.763. The quantitative estimate of drug-likeness (QED) is 0.515. The van der Waals surface area contributed by atoms with Gasteiger partial charge in [-0.3, -0.25) is 0 Å². The molecule has 2 aromatic carbocycles. The Labute approximate surface area is 156 Å². The molecule has 0 aliphatic heterocycles. The summed E-state index contributed by atoms with van der Waals surface area (Å²) in [6.07, 6.45) is 1.74. The zero-order valence-corrected chi connectivity index (χ0v) is 14.7. The third kappa shape index (κ3) is 4.30. The lowest BCUT2D eigenvalue weighted by atomic mass is 9.81. The van der Waals surface area contributed by atoms with E-state index in [1.165, 1.54) is 19.2 Å². The fourth-order valence-corrected chi connectivity index (χ4v) is 3.32. The van der Waals surface area contributed by atoms with Crippen LogP contribution in [0, 0.1) is 0 Å². The van der Waals surface area contributed by atoms with Gasteiger partial charge in [0.25, 0.3) is 0 Å². The monoisotopic (exact) mass is 372 g/mol. The normalized spacial score (nSPS) is 19.9. The highest BCUT2D eigenvalue weighted by atomic mass is 19.4. The maximum absolute atomic E-state index is 12.9. The van der Waals surface area contributed by atoms with Crippen LogP contribution in [0.15, 0.2) is 78.4 Å². The number of benzene rings is 2. The maximum Gasteiger partial charge on any atom is 0.416 e. The Kier molecular flexibility index (Phi) is 5.49. The van der Waals surface area contributed by atoms with Crippen molar-refractivity contribution in [1.29, 1.82) is 0 Å². The summed E-state index contributed by atoms with van der Waals surface area (Å²) in [6, 6.07) is 14.8. The molecule has 0 N–H and O–H groups in total. The summed E-state index contributed by atoms with van der Waals surface area (Å²) in [5, 5.41) is 0. The molecule has 0 aromatic heterocycles. The number of allylic oxidation sites excluding steroid dienone is 3. The molecule has 2 atom stereocenters. The lowest BCUT2D eigenvalue weighted by molar-refractivity contribution is -0.138. The van der Waals surface area contributed by atoms with Crippen LogP contribution in [0.5, 0.6) is 0 Å². The van der Waals surface area contributed by atoms with Crippen molar-refractivity contribution in [2.45, 2.75) is 24.4 Å². The van der Waals surface area contributed by atoms with Crippen molar-refractivity contribution in [2.75, 3.05) is 7.11 Å². The molecule has 0 amide bonds. The molecular weight excluding hydrogens is 353 g/mol. The van der Waals surface area contributed by atoms with Crippen LogP contribution in [0.25, 0.3) is 0 Å². The van der Waals surface area contributed by atoms with Gasteiger partial charge in [-0.15, -0.1) is 0 Å². The number of esters is 1. The predicted octanol–water partition coefficient (Wildman–Crippen LogP) is 5.63. The van der Waals surface area contributed by atoms with Crippen LogP contribution < -0.4 is 0 Å². The van der Waals surface area contributed by atoms with E-state index in [0.29, 0.717) is 12.0 Å². The number of ether oxygens (including phenoxy) is 1. The van der Waals surface area contributed by atoms with E-state index < -0.39 is 17.7 Å². The first-order chi connectivity index (χ1) is 12.9. The predicted molar refractivity (Wildman–Crippen MR) is 97.2 cm³/mol. The topological polar surface area (TPSA) is 26.3 Å². The average Bonchev–Trinajstić information content (AvgIpc) is 2.90. The third-order valence-corrected chi connectivity index (χ3v) is 4.70. The number of carbonyl (C=O) groups excluding carboxylic acids is 1. The van der Waals surface area contributed by atoms with Crippen LogP contribution in [-0.4, -0.2) is 13.1 Å². The molecule has 3 rings (SSSR count). The molecule has 0 radical (unpaired) electrons. The molecule has 0 unspecified atom stereocenters. The van der Waals surface area contributed by atoms with Crippen molar-refractivity contribution in [1.82, 2.24) is 0 Å². The first-order valence-corrected chi connectivity index (χ1v) is 8.58. The second-order valence-corrected chi connectivity index (χ2v) is 6.40. The molecule has 5 heteroatoms. The molecule has 0 bridgehead atoms. The van der Waals surface area contributed by atoms with Gasteiger partial charge in [0.1, 0.15) is 0 Å². The van der Waals surface area contributed by atoms with Crippen molar-refractivity contribution in [3.63, 3.8) is 0 Å². The highest BCUT2D eigenvalue weighted by Gasteiger charge is 2.31. The molecule has 0 saturated heterocycles. The number of hydrogen-bond acceptors (Lipinski definition) is 2. The van der Waals surface area contributed by atoms with E-state index in [1.807, 2.05) is 48.6 Å². The second kappa shape index (κ2) is 7.82. The number of rotatable bonds is 3. The number of methoxy groups -OCH3 is 1. The van der Waals surface area contributed by atoms with Gasteiger partial charge in [0, 0.05) is 17.4 Å². The number of carbonyl (C=O) groups is 1. The minimum absolute atomic E-state index is 0.183. The highest BCUT2D eigenvalue weighted by molar-refractivity contribution is 5.89. The Bertz CT molecular complexity index is 849. The van der Waals surface area contributed by atoms with Crippen LogP contribution in [0.3, 0.4) is 0 Å². The minimum Gasteiger partial charge on any atom is -0.466 e. The molecule has 140 valence electrons. The molecular formula is C22H19F3O2. The largest absolute Gasteiger partial charge is 0.466 e. The van der Waals surface area contributed by atoms with Gasteiger partial charge < -0.3 is 4.74 Å². The first-order valence-electron chi connectivity index (χ1n) is 8.58. The van der Waals surface area contributed by atoms with Gasteiger partial charge in [0.15, 0.2) is 0 Å². The molecule has 1 aliphatic rings. The van der Waals surface area contributed by atoms with E-state index in [1.54, 1.807) is 0 Å². The summed E-state index contributed by atoms with van der Waals surface area (Å²) < 4.78 is 43.5. The lowest BCUT2D eigenvalue weighted by Crippen LogP contribution is -2.11. The fourth-order valence-electron chi connectivity index (χ4n) is 3.32. The number of hydrogen-bond donors (Lipinski definition) is 0. The smallest absolute Gasteiger partial charge is 0.416 e. The molecule has 2 nitrogen and oxygen atoms in total.